The zero-order valence-electron chi connectivity index (χ0n) is 10.9. The summed E-state index contributed by atoms with van der Waals surface area (Å²) in [6, 6.07) is -0.162. The molecule has 1 saturated heterocycles. The Morgan fingerprint density at radius 1 is 1.65 bits per heavy atom. The predicted octanol–water partition coefficient (Wildman–Crippen LogP) is 0.803. The molecule has 0 aromatic carbocycles. The molecule has 2 unspecified atom stereocenters. The molecule has 2 amide bonds. The van der Waals surface area contributed by atoms with Gasteiger partial charge in [-0.3, -0.25) is 0 Å². The van der Waals surface area contributed by atoms with Gasteiger partial charge in [-0.15, -0.1) is 0 Å². The molecule has 1 fully saturated rings. The number of amidine groups is 1. The highest BCUT2D eigenvalue weighted by Crippen LogP contribution is 2.36. The molecule has 1 spiro atoms. The number of piperidine rings is 1. The normalized spacial score (nSPS) is 33.6. The highest BCUT2D eigenvalue weighted by Gasteiger charge is 2.52. The van der Waals surface area contributed by atoms with Crippen molar-refractivity contribution < 1.29 is 4.79 Å². The van der Waals surface area contributed by atoms with Crippen molar-refractivity contribution >= 4 is 11.9 Å². The molecule has 96 valence electrons. The molecule has 0 radical (unpaired) electrons. The van der Waals surface area contributed by atoms with E-state index in [1.807, 2.05) is 4.90 Å². The second-order valence-electron chi connectivity index (χ2n) is 5.56. The van der Waals surface area contributed by atoms with E-state index in [0.717, 1.165) is 26.1 Å². The molecular weight excluding hydrogens is 216 g/mol. The van der Waals surface area contributed by atoms with Crippen LogP contribution >= 0.6 is 0 Å². The lowest BCUT2D eigenvalue weighted by molar-refractivity contribution is 0.101. The monoisotopic (exact) mass is 238 g/mol. The van der Waals surface area contributed by atoms with E-state index < -0.39 is 0 Å². The van der Waals surface area contributed by atoms with Gasteiger partial charge in [0.25, 0.3) is 0 Å². The molecule has 3 N–H and O–H groups in total. The molecule has 0 aromatic heterocycles. The van der Waals surface area contributed by atoms with Crippen LogP contribution in [-0.2, 0) is 0 Å². The maximum Gasteiger partial charge on any atom is 0.346 e. The lowest BCUT2D eigenvalue weighted by Gasteiger charge is -2.46. The van der Waals surface area contributed by atoms with Crippen molar-refractivity contribution in [3.05, 3.63) is 0 Å². The third-order valence-corrected chi connectivity index (χ3v) is 3.87. The number of hydrogen-bond acceptors (Lipinski definition) is 3. The molecule has 5 heteroatoms. The van der Waals surface area contributed by atoms with Crippen LogP contribution in [0.4, 0.5) is 4.79 Å². The molecule has 0 aliphatic carbocycles. The smallest absolute Gasteiger partial charge is 0.346 e. The van der Waals surface area contributed by atoms with E-state index in [9.17, 15) is 4.79 Å². The van der Waals surface area contributed by atoms with Gasteiger partial charge in [-0.05, 0) is 24.8 Å². The Bertz CT molecular complexity index is 352. The summed E-state index contributed by atoms with van der Waals surface area (Å²) in [7, 11) is 0. The first-order valence-corrected chi connectivity index (χ1v) is 6.35. The topological polar surface area (TPSA) is 70.7 Å². The Balaban J connectivity index is 2.33. The van der Waals surface area contributed by atoms with Gasteiger partial charge >= 0.3 is 6.03 Å². The lowest BCUT2D eigenvalue weighted by Crippen LogP contribution is -2.64. The van der Waals surface area contributed by atoms with Gasteiger partial charge in [0.2, 0.25) is 0 Å². The second kappa shape index (κ2) is 4.29. The first-order valence-electron chi connectivity index (χ1n) is 6.35. The quantitative estimate of drug-likeness (QED) is 0.747. The number of aliphatic imine (C=N–C) groups is 1. The van der Waals surface area contributed by atoms with E-state index in [2.05, 4.69) is 31.1 Å². The number of rotatable bonds is 2. The van der Waals surface area contributed by atoms with Crippen molar-refractivity contribution in [2.75, 3.05) is 19.6 Å². The molecule has 5 nitrogen and oxygen atoms in total. The van der Waals surface area contributed by atoms with Crippen LogP contribution in [0.2, 0.25) is 0 Å². The average Bonchev–Trinajstić information content (AvgIpc) is 2.47. The number of hydrogen-bond donors (Lipinski definition) is 2. The molecule has 0 aromatic rings. The third kappa shape index (κ3) is 1.82. The van der Waals surface area contributed by atoms with Crippen LogP contribution in [-0.4, -0.2) is 41.9 Å². The fourth-order valence-corrected chi connectivity index (χ4v) is 2.97. The average molecular weight is 238 g/mol. The summed E-state index contributed by atoms with van der Waals surface area (Å²) in [6.45, 7) is 8.87. The summed E-state index contributed by atoms with van der Waals surface area (Å²) in [6.07, 6.45) is 0.863. The number of nitrogens with one attached hydrogen (secondary N) is 1. The maximum absolute atomic E-state index is 12.0. The molecule has 2 atom stereocenters. The minimum Gasteiger partial charge on any atom is -0.385 e. The number of nitrogens with two attached hydrogens (primary N) is 1. The van der Waals surface area contributed by atoms with Gasteiger partial charge in [0.15, 0.2) is 0 Å². The number of urea groups is 1. The van der Waals surface area contributed by atoms with Crippen LogP contribution in [0.25, 0.3) is 0 Å². The van der Waals surface area contributed by atoms with Crippen molar-refractivity contribution in [1.82, 2.24) is 10.2 Å². The van der Waals surface area contributed by atoms with E-state index in [1.54, 1.807) is 0 Å². The summed E-state index contributed by atoms with van der Waals surface area (Å²) in [4.78, 5) is 17.9. The Morgan fingerprint density at radius 3 is 2.94 bits per heavy atom. The Kier molecular flexibility index (Phi) is 3.12. The van der Waals surface area contributed by atoms with Crippen molar-refractivity contribution in [3.8, 4) is 0 Å². The predicted molar refractivity (Wildman–Crippen MR) is 67.9 cm³/mol. The van der Waals surface area contributed by atoms with Crippen LogP contribution < -0.4 is 11.1 Å². The summed E-state index contributed by atoms with van der Waals surface area (Å²) in [5, 5.41) is 3.35. The van der Waals surface area contributed by atoms with E-state index in [-0.39, 0.29) is 11.6 Å². The Labute approximate surface area is 102 Å². The van der Waals surface area contributed by atoms with Gasteiger partial charge in [-0.25, -0.2) is 4.79 Å². The van der Waals surface area contributed by atoms with Crippen LogP contribution in [0.1, 0.15) is 27.2 Å². The van der Waals surface area contributed by atoms with Crippen LogP contribution in [0.5, 0.6) is 0 Å². The van der Waals surface area contributed by atoms with Gasteiger partial charge in [0, 0.05) is 13.1 Å². The van der Waals surface area contributed by atoms with Crippen LogP contribution in [0, 0.1) is 11.8 Å². The van der Waals surface area contributed by atoms with Gasteiger partial charge in [-0.2, -0.15) is 4.99 Å². The fourth-order valence-electron chi connectivity index (χ4n) is 2.97. The van der Waals surface area contributed by atoms with E-state index in [1.165, 1.54) is 0 Å². The lowest BCUT2D eigenvalue weighted by atomic mass is 9.77. The highest BCUT2D eigenvalue weighted by atomic mass is 16.2. The van der Waals surface area contributed by atoms with Crippen molar-refractivity contribution in [3.63, 3.8) is 0 Å². The number of carbonyl (C=O) groups excluding carboxylic acids is 1. The number of nitrogens with zero attached hydrogens (tertiary/aromatic N) is 2. The first-order chi connectivity index (χ1) is 7.98. The molecule has 2 heterocycles. The van der Waals surface area contributed by atoms with Gasteiger partial charge in [-0.1, -0.05) is 20.8 Å². The zero-order chi connectivity index (χ0) is 12.6. The Hall–Kier alpha value is -1.10. The first kappa shape index (κ1) is 12.4. The highest BCUT2D eigenvalue weighted by molar-refractivity contribution is 6.06. The number of carbonyl (C=O) groups is 1. The standard InChI is InChI=1S/C12H22N4O/c1-8(2)7-16-11(17)15-10(13)12(16)4-5-14-6-9(12)3/h8-9,14H,4-7H2,1-3H3,(H2,13,15,17). The minimum atomic E-state index is -0.341. The largest absolute Gasteiger partial charge is 0.385 e. The molecule has 17 heavy (non-hydrogen) atoms. The van der Waals surface area contributed by atoms with E-state index in [0.29, 0.717) is 17.7 Å². The Morgan fingerprint density at radius 2 is 2.35 bits per heavy atom. The van der Waals surface area contributed by atoms with Gasteiger partial charge in [0.05, 0.1) is 0 Å². The summed E-state index contributed by atoms with van der Waals surface area (Å²) < 4.78 is 0. The summed E-state index contributed by atoms with van der Waals surface area (Å²) in [5.41, 5.74) is 5.71. The van der Waals surface area contributed by atoms with E-state index in [4.69, 9.17) is 5.73 Å². The molecule has 2 aliphatic heterocycles. The zero-order valence-corrected chi connectivity index (χ0v) is 10.9. The number of amides is 2. The SMILES string of the molecule is CC(C)CN1C(=O)N=C(N)C12CCNCC2C. The molecule has 2 rings (SSSR count). The molecule has 2 aliphatic rings. The maximum atomic E-state index is 12.0. The fraction of sp³-hybridized carbons (Fsp3) is 0.833. The second-order valence-corrected chi connectivity index (χ2v) is 5.56. The summed E-state index contributed by atoms with van der Waals surface area (Å²) in [5.74, 6) is 1.25. The van der Waals surface area contributed by atoms with Gasteiger partial charge in [0.1, 0.15) is 11.4 Å². The van der Waals surface area contributed by atoms with E-state index >= 15 is 0 Å². The van der Waals surface area contributed by atoms with Crippen molar-refractivity contribution in [1.29, 1.82) is 0 Å². The van der Waals surface area contributed by atoms with Crippen molar-refractivity contribution in [2.45, 2.75) is 32.7 Å². The molecule has 0 saturated carbocycles. The van der Waals surface area contributed by atoms with Crippen molar-refractivity contribution in [2.24, 2.45) is 22.6 Å². The molecular formula is C12H22N4O. The summed E-state index contributed by atoms with van der Waals surface area (Å²) >= 11 is 0. The van der Waals surface area contributed by atoms with Crippen LogP contribution in [0.15, 0.2) is 4.99 Å². The minimum absolute atomic E-state index is 0.162. The van der Waals surface area contributed by atoms with Crippen LogP contribution in [0.3, 0.4) is 0 Å². The van der Waals surface area contributed by atoms with Gasteiger partial charge < -0.3 is 16.0 Å². The third-order valence-electron chi connectivity index (χ3n) is 3.87. The molecule has 0 bridgehead atoms.